The molecule has 6 nitrogen and oxygen atoms in total. The zero-order valence-corrected chi connectivity index (χ0v) is 12.0. The van der Waals surface area contributed by atoms with Crippen LogP contribution >= 0.6 is 15.9 Å². The molecule has 0 saturated heterocycles. The van der Waals surface area contributed by atoms with E-state index in [1.54, 1.807) is 31.2 Å². The van der Waals surface area contributed by atoms with Crippen LogP contribution in [0.15, 0.2) is 41.0 Å². The maximum Gasteiger partial charge on any atom is 0.282 e. The van der Waals surface area contributed by atoms with E-state index in [9.17, 15) is 14.9 Å². The van der Waals surface area contributed by atoms with Crippen molar-refractivity contribution >= 4 is 33.3 Å². The van der Waals surface area contributed by atoms with E-state index in [2.05, 4.69) is 26.2 Å². The van der Waals surface area contributed by atoms with Gasteiger partial charge in [-0.3, -0.25) is 14.9 Å². The van der Waals surface area contributed by atoms with E-state index in [1.165, 1.54) is 12.3 Å². The van der Waals surface area contributed by atoms with E-state index in [1.807, 2.05) is 0 Å². The van der Waals surface area contributed by atoms with E-state index in [0.717, 1.165) is 0 Å². The Hall–Kier alpha value is -2.28. The quantitative estimate of drug-likeness (QED) is 0.688. The number of halogens is 1. The lowest BCUT2D eigenvalue weighted by Gasteiger charge is -2.08. The summed E-state index contributed by atoms with van der Waals surface area (Å²) < 4.78 is 0.601. The predicted molar refractivity (Wildman–Crippen MR) is 77.7 cm³/mol. The predicted octanol–water partition coefficient (Wildman–Crippen LogP) is 3.31. The molecule has 0 atom stereocenters. The average Bonchev–Trinajstić information content (AvgIpc) is 2.40. The van der Waals surface area contributed by atoms with Gasteiger partial charge in [0.2, 0.25) is 0 Å². The zero-order chi connectivity index (χ0) is 14.7. The van der Waals surface area contributed by atoms with Gasteiger partial charge in [-0.25, -0.2) is 4.98 Å². The molecule has 0 bridgehead atoms. The van der Waals surface area contributed by atoms with E-state index >= 15 is 0 Å². The molecule has 0 unspecified atom stereocenters. The summed E-state index contributed by atoms with van der Waals surface area (Å²) in [5.41, 5.74) is 0.341. The SMILES string of the molecule is Cc1cccc([N+](=O)[O-])c1C(=O)Nc1ncccc1Br. The van der Waals surface area contributed by atoms with Crippen molar-refractivity contribution in [2.45, 2.75) is 6.92 Å². The molecule has 20 heavy (non-hydrogen) atoms. The first-order valence-electron chi connectivity index (χ1n) is 5.66. The maximum absolute atomic E-state index is 12.2. The molecule has 2 aromatic rings. The second-order valence-electron chi connectivity index (χ2n) is 4.01. The van der Waals surface area contributed by atoms with Crippen LogP contribution in [0, 0.1) is 17.0 Å². The van der Waals surface area contributed by atoms with Crippen molar-refractivity contribution in [2.24, 2.45) is 0 Å². The van der Waals surface area contributed by atoms with Gasteiger partial charge in [-0.05, 0) is 40.5 Å². The second kappa shape index (κ2) is 5.79. The highest BCUT2D eigenvalue weighted by atomic mass is 79.9. The number of nitrogens with zero attached hydrogens (tertiary/aromatic N) is 2. The molecule has 0 aliphatic carbocycles. The molecule has 0 aliphatic rings. The van der Waals surface area contributed by atoms with Crippen LogP contribution < -0.4 is 5.32 Å². The van der Waals surface area contributed by atoms with Crippen molar-refractivity contribution in [3.8, 4) is 0 Å². The molecule has 0 aliphatic heterocycles. The maximum atomic E-state index is 12.2. The third-order valence-electron chi connectivity index (χ3n) is 2.66. The number of nitrogens with one attached hydrogen (secondary N) is 1. The number of pyridine rings is 1. The van der Waals surface area contributed by atoms with Gasteiger partial charge in [-0.1, -0.05) is 12.1 Å². The fourth-order valence-corrected chi connectivity index (χ4v) is 2.10. The van der Waals surface area contributed by atoms with E-state index in [0.29, 0.717) is 15.9 Å². The Morgan fingerprint density at radius 2 is 2.10 bits per heavy atom. The molecule has 1 aromatic carbocycles. The van der Waals surface area contributed by atoms with Crippen LogP contribution in [0.25, 0.3) is 0 Å². The van der Waals surface area contributed by atoms with Crippen molar-refractivity contribution < 1.29 is 9.72 Å². The number of nitro groups is 1. The molecule has 0 fully saturated rings. The third-order valence-corrected chi connectivity index (χ3v) is 3.30. The normalized spacial score (nSPS) is 10.1. The van der Waals surface area contributed by atoms with Crippen LogP contribution in [0.3, 0.4) is 0 Å². The number of amides is 1. The molecular weight excluding hydrogens is 326 g/mol. The fraction of sp³-hybridized carbons (Fsp3) is 0.0769. The van der Waals surface area contributed by atoms with E-state index < -0.39 is 10.8 Å². The lowest BCUT2D eigenvalue weighted by Crippen LogP contribution is -2.16. The van der Waals surface area contributed by atoms with Crippen LogP contribution in [0.2, 0.25) is 0 Å². The van der Waals surface area contributed by atoms with Gasteiger partial charge in [0.1, 0.15) is 11.4 Å². The number of rotatable bonds is 3. The van der Waals surface area contributed by atoms with Crippen molar-refractivity contribution in [3.05, 3.63) is 62.2 Å². The summed E-state index contributed by atoms with van der Waals surface area (Å²) in [7, 11) is 0. The Morgan fingerprint density at radius 1 is 1.35 bits per heavy atom. The standard InChI is InChI=1S/C13H10BrN3O3/c1-8-4-2-6-10(17(19)20)11(8)13(18)16-12-9(14)5-3-7-15-12/h2-7H,1H3,(H,15,16,18). The first kappa shape index (κ1) is 14.1. The first-order valence-corrected chi connectivity index (χ1v) is 6.46. The highest BCUT2D eigenvalue weighted by Crippen LogP contribution is 2.24. The van der Waals surface area contributed by atoms with Crippen LogP contribution in [0.4, 0.5) is 11.5 Å². The van der Waals surface area contributed by atoms with Gasteiger partial charge in [-0.15, -0.1) is 0 Å². The Morgan fingerprint density at radius 3 is 2.75 bits per heavy atom. The average molecular weight is 336 g/mol. The number of carbonyl (C=O) groups excluding carboxylic acids is 1. The molecule has 102 valence electrons. The summed E-state index contributed by atoms with van der Waals surface area (Å²) in [6.45, 7) is 1.65. The van der Waals surface area contributed by atoms with Gasteiger partial charge in [0.05, 0.1) is 9.40 Å². The van der Waals surface area contributed by atoms with Crippen molar-refractivity contribution in [1.82, 2.24) is 4.98 Å². The molecule has 1 heterocycles. The molecule has 0 spiro atoms. The van der Waals surface area contributed by atoms with Gasteiger partial charge in [-0.2, -0.15) is 0 Å². The highest BCUT2D eigenvalue weighted by Gasteiger charge is 2.22. The summed E-state index contributed by atoms with van der Waals surface area (Å²) in [6, 6.07) is 7.91. The lowest BCUT2D eigenvalue weighted by molar-refractivity contribution is -0.385. The lowest BCUT2D eigenvalue weighted by atomic mass is 10.1. The number of hydrogen-bond donors (Lipinski definition) is 1. The number of benzene rings is 1. The van der Waals surface area contributed by atoms with Crippen LogP contribution in [0.1, 0.15) is 15.9 Å². The summed E-state index contributed by atoms with van der Waals surface area (Å²) in [5, 5.41) is 13.6. The van der Waals surface area contributed by atoms with Crippen LogP contribution in [0.5, 0.6) is 0 Å². The molecular formula is C13H10BrN3O3. The molecule has 2 rings (SSSR count). The van der Waals surface area contributed by atoms with Crippen LogP contribution in [-0.2, 0) is 0 Å². The minimum atomic E-state index is -0.574. The van der Waals surface area contributed by atoms with E-state index in [4.69, 9.17) is 0 Å². The largest absolute Gasteiger partial charge is 0.305 e. The van der Waals surface area contributed by atoms with Crippen LogP contribution in [-0.4, -0.2) is 15.8 Å². The smallest absolute Gasteiger partial charge is 0.282 e. The van der Waals surface area contributed by atoms with Crippen molar-refractivity contribution in [1.29, 1.82) is 0 Å². The monoisotopic (exact) mass is 335 g/mol. The molecule has 0 radical (unpaired) electrons. The molecule has 7 heteroatoms. The number of aryl methyl sites for hydroxylation is 1. The summed E-state index contributed by atoms with van der Waals surface area (Å²) >= 11 is 3.25. The second-order valence-corrected chi connectivity index (χ2v) is 4.87. The third kappa shape index (κ3) is 2.83. The first-order chi connectivity index (χ1) is 9.50. The zero-order valence-electron chi connectivity index (χ0n) is 10.5. The Kier molecular flexibility index (Phi) is 4.09. The van der Waals surface area contributed by atoms with Gasteiger partial charge >= 0.3 is 0 Å². The van der Waals surface area contributed by atoms with Crippen molar-refractivity contribution in [3.63, 3.8) is 0 Å². The summed E-state index contributed by atoms with van der Waals surface area (Å²) in [5.74, 6) is -0.246. The summed E-state index contributed by atoms with van der Waals surface area (Å²) in [6.07, 6.45) is 1.52. The summed E-state index contributed by atoms with van der Waals surface area (Å²) in [4.78, 5) is 26.7. The minimum absolute atomic E-state index is 0.0371. The van der Waals surface area contributed by atoms with Gasteiger partial charge in [0.15, 0.2) is 0 Å². The van der Waals surface area contributed by atoms with E-state index in [-0.39, 0.29) is 11.3 Å². The number of nitro benzene ring substituents is 1. The Labute approximate surface area is 123 Å². The minimum Gasteiger partial charge on any atom is -0.305 e. The number of aromatic nitrogens is 1. The molecule has 1 aromatic heterocycles. The van der Waals surface area contributed by atoms with Gasteiger partial charge in [0.25, 0.3) is 11.6 Å². The topological polar surface area (TPSA) is 85.1 Å². The highest BCUT2D eigenvalue weighted by molar-refractivity contribution is 9.10. The number of hydrogen-bond acceptors (Lipinski definition) is 4. The number of anilines is 1. The Balaban J connectivity index is 2.40. The molecule has 1 N–H and O–H groups in total. The molecule has 1 amide bonds. The number of carbonyl (C=O) groups is 1. The fourth-order valence-electron chi connectivity index (χ4n) is 1.75. The Bertz CT molecular complexity index is 688. The van der Waals surface area contributed by atoms with Crippen molar-refractivity contribution in [2.75, 3.05) is 5.32 Å². The van der Waals surface area contributed by atoms with Gasteiger partial charge < -0.3 is 5.32 Å². The molecule has 0 saturated carbocycles. The van der Waals surface area contributed by atoms with Gasteiger partial charge in [0, 0.05) is 12.3 Å².